The number of thioether (sulfide) groups is 1. The van der Waals surface area contributed by atoms with Crippen LogP contribution < -0.4 is 17.0 Å². The Morgan fingerprint density at radius 3 is 2.29 bits per heavy atom. The molecule has 3 rings (SSSR count). The van der Waals surface area contributed by atoms with Crippen LogP contribution in [-0.2, 0) is 23.1 Å². The molecule has 17 heteroatoms. The van der Waals surface area contributed by atoms with E-state index in [9.17, 15) is 40.7 Å². The molecular formula is C21H20ClF6N5O4S. The second kappa shape index (κ2) is 10.3. The number of hydrogen-bond donors (Lipinski definition) is 1. The number of imidazole rings is 1. The Bertz CT molecular complexity index is 1490. The summed E-state index contributed by atoms with van der Waals surface area (Å²) in [7, 11) is 0.823. The van der Waals surface area contributed by atoms with Gasteiger partial charge in [0.1, 0.15) is 0 Å². The van der Waals surface area contributed by atoms with E-state index in [0.717, 1.165) is 18.8 Å². The number of rotatable bonds is 7. The van der Waals surface area contributed by atoms with E-state index >= 15 is 0 Å². The Balaban J connectivity index is 2.43. The van der Waals surface area contributed by atoms with Crippen molar-refractivity contribution in [3.63, 3.8) is 0 Å². The van der Waals surface area contributed by atoms with Gasteiger partial charge in [0, 0.05) is 23.4 Å². The number of fused-ring (bicyclic) bond motifs is 1. The number of esters is 1. The van der Waals surface area contributed by atoms with E-state index in [-0.39, 0.29) is 32.4 Å². The lowest BCUT2D eigenvalue weighted by Gasteiger charge is -2.23. The molecule has 0 bridgehead atoms. The van der Waals surface area contributed by atoms with Gasteiger partial charge in [0.25, 0.3) is 11.8 Å². The Morgan fingerprint density at radius 1 is 1.16 bits per heavy atom. The van der Waals surface area contributed by atoms with E-state index in [2.05, 4.69) is 9.72 Å². The summed E-state index contributed by atoms with van der Waals surface area (Å²) in [6.07, 6.45) is -15.3. The van der Waals surface area contributed by atoms with Gasteiger partial charge in [-0.2, -0.15) is 26.3 Å². The largest absolute Gasteiger partial charge is 0.491 e. The molecule has 0 spiro atoms. The smallest absolute Gasteiger partial charge is 0.424 e. The first-order chi connectivity index (χ1) is 17.4. The summed E-state index contributed by atoms with van der Waals surface area (Å²) in [5, 5.41) is 0.149. The highest BCUT2D eigenvalue weighted by molar-refractivity contribution is 8.00. The molecule has 2 aromatic heterocycles. The molecule has 0 aliphatic rings. The normalized spacial score (nSPS) is 13.7. The van der Waals surface area contributed by atoms with Crippen molar-refractivity contribution in [2.45, 2.75) is 48.9 Å². The number of ether oxygens (including phenoxy) is 1. The maximum Gasteiger partial charge on any atom is 0.491 e. The molecule has 0 saturated heterocycles. The van der Waals surface area contributed by atoms with Crippen molar-refractivity contribution >= 4 is 40.5 Å². The van der Waals surface area contributed by atoms with Crippen molar-refractivity contribution in [1.29, 1.82) is 0 Å². The molecule has 1 atom stereocenters. The Hall–Kier alpha value is -2.98. The first kappa shape index (κ1) is 29.6. The zero-order chi connectivity index (χ0) is 28.8. The minimum absolute atomic E-state index is 0.0478. The van der Waals surface area contributed by atoms with Gasteiger partial charge in [-0.05, 0) is 25.5 Å². The molecule has 3 aromatic rings. The minimum atomic E-state index is -5.80. The van der Waals surface area contributed by atoms with Crippen molar-refractivity contribution in [2.24, 2.45) is 12.8 Å². The van der Waals surface area contributed by atoms with Crippen molar-refractivity contribution < 1.29 is 35.9 Å². The molecule has 0 saturated carbocycles. The molecule has 0 aliphatic heterocycles. The average Bonchev–Trinajstić information content (AvgIpc) is 3.13. The van der Waals surface area contributed by atoms with Crippen LogP contribution in [0.15, 0.2) is 39.0 Å². The molecule has 2 heterocycles. The third-order valence-electron chi connectivity index (χ3n) is 5.25. The Labute approximate surface area is 219 Å². The van der Waals surface area contributed by atoms with E-state index in [1.807, 2.05) is 0 Å². The summed E-state index contributed by atoms with van der Waals surface area (Å²) in [6.45, 7) is 3.18. The highest BCUT2D eigenvalue weighted by Gasteiger charge is 2.52. The highest BCUT2D eigenvalue weighted by Crippen LogP contribution is 2.37. The summed E-state index contributed by atoms with van der Waals surface area (Å²) in [6, 6.07) is 6.32. The summed E-state index contributed by atoms with van der Waals surface area (Å²) in [5.41, 5.74) is 1.86. The van der Waals surface area contributed by atoms with Gasteiger partial charge in [-0.3, -0.25) is 9.36 Å². The number of carbonyl (C=O) groups is 1. The third kappa shape index (κ3) is 5.86. The van der Waals surface area contributed by atoms with Gasteiger partial charge in [0.2, 0.25) is 0 Å². The summed E-state index contributed by atoms with van der Waals surface area (Å²) in [4.78, 5) is 41.4. The van der Waals surface area contributed by atoms with Crippen molar-refractivity contribution in [1.82, 2.24) is 18.7 Å². The molecule has 208 valence electrons. The standard InChI is InChI=1S/C21H20ClF6N5O4S/c1-19(2,9-29)38-17-30-13-12(32(17)8-10-6-4-5-7-11(10)22)14(34)31(3)18(36)33(13)15(20(23,24)25)37-16(35)21(26,27)28/h4-7,15H,8-9,29H2,1-3H3. The topological polar surface area (TPSA) is 114 Å². The molecule has 0 aliphatic carbocycles. The minimum Gasteiger partial charge on any atom is -0.424 e. The van der Waals surface area contributed by atoms with Gasteiger partial charge in [-0.15, -0.1) is 0 Å². The van der Waals surface area contributed by atoms with Crippen LogP contribution in [-0.4, -0.2) is 48.3 Å². The van der Waals surface area contributed by atoms with Crippen LogP contribution in [0.2, 0.25) is 5.02 Å². The second-order valence-corrected chi connectivity index (χ2v) is 10.7. The maximum atomic E-state index is 14.0. The monoisotopic (exact) mass is 587 g/mol. The fourth-order valence-electron chi connectivity index (χ4n) is 3.25. The first-order valence-electron chi connectivity index (χ1n) is 10.6. The lowest BCUT2D eigenvalue weighted by atomic mass is 10.2. The van der Waals surface area contributed by atoms with Crippen molar-refractivity contribution in [2.75, 3.05) is 6.54 Å². The lowest BCUT2D eigenvalue weighted by Crippen LogP contribution is -2.46. The summed E-state index contributed by atoms with van der Waals surface area (Å²) >= 11 is 7.17. The number of hydrogen-bond acceptors (Lipinski definition) is 7. The van der Waals surface area contributed by atoms with Gasteiger partial charge >= 0.3 is 24.0 Å². The molecule has 1 unspecified atom stereocenters. The molecule has 1 aromatic carbocycles. The van der Waals surface area contributed by atoms with Crippen LogP contribution in [0.1, 0.15) is 25.6 Å². The number of aromatic nitrogens is 4. The number of nitrogens with zero attached hydrogens (tertiary/aromatic N) is 4. The molecule has 9 nitrogen and oxygen atoms in total. The van der Waals surface area contributed by atoms with Crippen LogP contribution in [0.25, 0.3) is 11.2 Å². The first-order valence-corrected chi connectivity index (χ1v) is 11.8. The van der Waals surface area contributed by atoms with E-state index < -0.39 is 51.7 Å². The number of alkyl halides is 6. The number of carbonyl (C=O) groups excluding carboxylic acids is 1. The van der Waals surface area contributed by atoms with Crippen LogP contribution in [0.5, 0.6) is 0 Å². The predicted molar refractivity (Wildman–Crippen MR) is 126 cm³/mol. The number of nitrogens with two attached hydrogens (primary N) is 1. The van der Waals surface area contributed by atoms with E-state index in [1.165, 1.54) is 10.6 Å². The number of benzene rings is 1. The molecular weight excluding hydrogens is 568 g/mol. The van der Waals surface area contributed by atoms with Crippen LogP contribution >= 0.6 is 23.4 Å². The van der Waals surface area contributed by atoms with Crippen molar-refractivity contribution in [3.05, 3.63) is 55.7 Å². The summed E-state index contributed by atoms with van der Waals surface area (Å²) in [5.74, 6) is -3.19. The Morgan fingerprint density at radius 2 is 1.76 bits per heavy atom. The van der Waals surface area contributed by atoms with E-state index in [4.69, 9.17) is 17.3 Å². The van der Waals surface area contributed by atoms with Gasteiger partial charge < -0.3 is 15.0 Å². The third-order valence-corrected chi connectivity index (χ3v) is 6.83. The molecule has 2 N–H and O–H groups in total. The van der Waals surface area contributed by atoms with Crippen LogP contribution in [0.3, 0.4) is 0 Å². The molecule has 0 amide bonds. The van der Waals surface area contributed by atoms with E-state index in [0.29, 0.717) is 5.56 Å². The fourth-order valence-corrected chi connectivity index (χ4v) is 4.42. The van der Waals surface area contributed by atoms with Gasteiger partial charge in [-0.1, -0.05) is 41.6 Å². The van der Waals surface area contributed by atoms with Gasteiger partial charge in [-0.25, -0.2) is 19.1 Å². The zero-order valence-electron chi connectivity index (χ0n) is 19.9. The van der Waals surface area contributed by atoms with Gasteiger partial charge in [0.05, 0.1) is 6.54 Å². The highest BCUT2D eigenvalue weighted by atomic mass is 35.5. The zero-order valence-corrected chi connectivity index (χ0v) is 21.4. The van der Waals surface area contributed by atoms with Crippen LogP contribution in [0.4, 0.5) is 26.3 Å². The molecule has 0 radical (unpaired) electrons. The second-order valence-electron chi connectivity index (χ2n) is 8.62. The maximum absolute atomic E-state index is 14.0. The van der Waals surface area contributed by atoms with Crippen molar-refractivity contribution in [3.8, 4) is 0 Å². The SMILES string of the molecule is Cn1c(=O)c2c(nc(SC(C)(C)CN)n2Cc2ccccc2Cl)n(C(OC(=O)C(F)(F)F)C(F)(F)F)c1=O. The average molecular weight is 588 g/mol. The summed E-state index contributed by atoms with van der Waals surface area (Å²) < 4.78 is 84.4. The van der Waals surface area contributed by atoms with E-state index in [1.54, 1.807) is 32.0 Å². The lowest BCUT2D eigenvalue weighted by molar-refractivity contribution is -0.264. The fraction of sp³-hybridized carbons (Fsp3) is 0.429. The number of halogens is 7. The quantitative estimate of drug-likeness (QED) is 0.255. The Kier molecular flexibility index (Phi) is 8.01. The molecule has 0 fully saturated rings. The molecule has 38 heavy (non-hydrogen) atoms. The predicted octanol–water partition coefficient (Wildman–Crippen LogP) is 3.59. The van der Waals surface area contributed by atoms with Gasteiger partial charge in [0.15, 0.2) is 16.3 Å². The van der Waals surface area contributed by atoms with Crippen LogP contribution in [0, 0.1) is 0 Å².